The zero-order chi connectivity index (χ0) is 14.1. The van der Waals surface area contributed by atoms with Crippen molar-refractivity contribution in [1.29, 1.82) is 0 Å². The Morgan fingerprint density at radius 1 is 1.25 bits per heavy atom. The Morgan fingerprint density at radius 3 is 2.75 bits per heavy atom. The molecule has 0 aliphatic carbocycles. The third kappa shape index (κ3) is 2.40. The minimum Gasteiger partial charge on any atom is -0.371 e. The highest BCUT2D eigenvalue weighted by molar-refractivity contribution is 5.99. The maximum atomic E-state index is 12.8. The van der Waals surface area contributed by atoms with Gasteiger partial charge >= 0.3 is 0 Å². The van der Waals surface area contributed by atoms with E-state index in [0.29, 0.717) is 11.9 Å². The summed E-state index contributed by atoms with van der Waals surface area (Å²) in [6.45, 7) is 4.82. The molecular formula is C16H23N3O. The van der Waals surface area contributed by atoms with Crippen LogP contribution < -0.4 is 15.1 Å². The van der Waals surface area contributed by atoms with E-state index in [1.165, 1.54) is 0 Å². The van der Waals surface area contributed by atoms with Crippen molar-refractivity contribution in [3.05, 3.63) is 24.3 Å². The highest BCUT2D eigenvalue weighted by Crippen LogP contribution is 2.33. The smallest absolute Gasteiger partial charge is 0.230 e. The van der Waals surface area contributed by atoms with Crippen molar-refractivity contribution < 1.29 is 4.79 Å². The molecule has 0 radical (unpaired) electrons. The Hall–Kier alpha value is -1.55. The molecule has 1 aromatic rings. The van der Waals surface area contributed by atoms with Gasteiger partial charge in [0, 0.05) is 32.1 Å². The molecule has 2 heterocycles. The van der Waals surface area contributed by atoms with Gasteiger partial charge < -0.3 is 15.1 Å². The van der Waals surface area contributed by atoms with Gasteiger partial charge in [-0.2, -0.15) is 0 Å². The molecule has 2 atom stereocenters. The predicted octanol–water partition coefficient (Wildman–Crippen LogP) is 1.86. The van der Waals surface area contributed by atoms with Crippen LogP contribution in [0, 0.1) is 5.92 Å². The molecule has 20 heavy (non-hydrogen) atoms. The van der Waals surface area contributed by atoms with Crippen molar-refractivity contribution in [2.75, 3.05) is 36.5 Å². The van der Waals surface area contributed by atoms with Crippen LogP contribution in [0.5, 0.6) is 0 Å². The Bertz CT molecular complexity index is 502. The molecule has 0 spiro atoms. The standard InChI is InChI=1S/C16H23N3O/c1-12-11-13(7-8-17-12)16(20)19-10-9-18(2)14-5-3-4-6-15(14)19/h3-6,12-13,17H,7-11H2,1-2H3. The van der Waals surface area contributed by atoms with E-state index in [0.717, 1.165) is 43.9 Å². The zero-order valence-corrected chi connectivity index (χ0v) is 12.3. The first-order valence-electron chi connectivity index (χ1n) is 7.51. The van der Waals surface area contributed by atoms with Gasteiger partial charge in [0.05, 0.1) is 11.4 Å². The number of benzene rings is 1. The summed E-state index contributed by atoms with van der Waals surface area (Å²) in [5, 5.41) is 3.42. The number of likely N-dealkylation sites (N-methyl/N-ethyl adjacent to an activating group) is 1. The number of carbonyl (C=O) groups excluding carboxylic acids is 1. The number of rotatable bonds is 1. The normalized spacial score (nSPS) is 26.3. The van der Waals surface area contributed by atoms with Crippen LogP contribution in [0.15, 0.2) is 24.3 Å². The second-order valence-corrected chi connectivity index (χ2v) is 5.98. The van der Waals surface area contributed by atoms with E-state index in [1.54, 1.807) is 0 Å². The van der Waals surface area contributed by atoms with E-state index in [-0.39, 0.29) is 5.92 Å². The molecule has 0 saturated carbocycles. The SMILES string of the molecule is CC1CC(C(=O)N2CCN(C)c3ccccc32)CCN1. The number of anilines is 2. The molecule has 0 aromatic heterocycles. The zero-order valence-electron chi connectivity index (χ0n) is 12.3. The molecule has 1 N–H and O–H groups in total. The fraction of sp³-hybridized carbons (Fsp3) is 0.562. The number of nitrogens with one attached hydrogen (secondary N) is 1. The highest BCUT2D eigenvalue weighted by atomic mass is 16.2. The summed E-state index contributed by atoms with van der Waals surface area (Å²) >= 11 is 0. The monoisotopic (exact) mass is 273 g/mol. The van der Waals surface area contributed by atoms with Gasteiger partial charge in [0.15, 0.2) is 0 Å². The van der Waals surface area contributed by atoms with E-state index in [2.05, 4.69) is 36.3 Å². The van der Waals surface area contributed by atoms with Gasteiger partial charge in [0.25, 0.3) is 0 Å². The summed E-state index contributed by atoms with van der Waals surface area (Å²) in [4.78, 5) is 17.1. The summed E-state index contributed by atoms with van der Waals surface area (Å²) in [6, 6.07) is 8.66. The number of carbonyl (C=O) groups is 1. The first-order chi connectivity index (χ1) is 9.66. The second-order valence-electron chi connectivity index (χ2n) is 5.98. The lowest BCUT2D eigenvalue weighted by Crippen LogP contribution is -2.48. The quantitative estimate of drug-likeness (QED) is 0.848. The van der Waals surface area contributed by atoms with Gasteiger partial charge in [-0.3, -0.25) is 4.79 Å². The fourth-order valence-electron chi connectivity index (χ4n) is 3.31. The Kier molecular flexibility index (Phi) is 3.66. The van der Waals surface area contributed by atoms with Crippen LogP contribution in [0.1, 0.15) is 19.8 Å². The van der Waals surface area contributed by atoms with Crippen molar-refractivity contribution in [3.8, 4) is 0 Å². The molecule has 4 heteroatoms. The maximum absolute atomic E-state index is 12.8. The summed E-state index contributed by atoms with van der Waals surface area (Å²) in [7, 11) is 2.09. The van der Waals surface area contributed by atoms with E-state index in [4.69, 9.17) is 0 Å². The maximum Gasteiger partial charge on any atom is 0.230 e. The van der Waals surface area contributed by atoms with Gasteiger partial charge in [0.1, 0.15) is 0 Å². The number of piperidine rings is 1. The Morgan fingerprint density at radius 2 is 2.00 bits per heavy atom. The topological polar surface area (TPSA) is 35.6 Å². The molecule has 3 rings (SSSR count). The van der Waals surface area contributed by atoms with E-state index in [1.807, 2.05) is 17.0 Å². The third-order valence-electron chi connectivity index (χ3n) is 4.48. The number of amides is 1. The van der Waals surface area contributed by atoms with E-state index in [9.17, 15) is 4.79 Å². The fourth-order valence-corrected chi connectivity index (χ4v) is 3.31. The predicted molar refractivity (Wildman–Crippen MR) is 82.3 cm³/mol. The lowest BCUT2D eigenvalue weighted by Gasteiger charge is -2.38. The van der Waals surface area contributed by atoms with Crippen molar-refractivity contribution >= 4 is 17.3 Å². The number of hydrogen-bond acceptors (Lipinski definition) is 3. The molecule has 1 amide bonds. The summed E-state index contributed by atoms with van der Waals surface area (Å²) in [6.07, 6.45) is 1.91. The Balaban J connectivity index is 1.84. The molecular weight excluding hydrogens is 250 g/mol. The Labute approximate surface area is 120 Å². The highest BCUT2D eigenvalue weighted by Gasteiger charge is 2.32. The van der Waals surface area contributed by atoms with Crippen molar-refractivity contribution in [1.82, 2.24) is 5.32 Å². The van der Waals surface area contributed by atoms with Gasteiger partial charge in [0.2, 0.25) is 5.91 Å². The molecule has 108 valence electrons. The number of hydrogen-bond donors (Lipinski definition) is 1. The van der Waals surface area contributed by atoms with Crippen LogP contribution in [0.3, 0.4) is 0 Å². The lowest BCUT2D eigenvalue weighted by atomic mass is 9.91. The summed E-state index contributed by atoms with van der Waals surface area (Å²) in [5.41, 5.74) is 2.23. The van der Waals surface area contributed by atoms with Gasteiger partial charge in [-0.15, -0.1) is 0 Å². The van der Waals surface area contributed by atoms with Crippen LogP contribution in [-0.4, -0.2) is 38.6 Å². The number of para-hydroxylation sites is 2. The molecule has 2 aliphatic rings. The molecule has 1 saturated heterocycles. The first-order valence-corrected chi connectivity index (χ1v) is 7.51. The minimum absolute atomic E-state index is 0.169. The van der Waals surface area contributed by atoms with Gasteiger partial charge in [-0.25, -0.2) is 0 Å². The number of fused-ring (bicyclic) bond motifs is 1. The van der Waals surface area contributed by atoms with Gasteiger partial charge in [-0.05, 0) is 38.4 Å². The van der Waals surface area contributed by atoms with Crippen LogP contribution >= 0.6 is 0 Å². The average Bonchev–Trinajstić information content (AvgIpc) is 2.47. The minimum atomic E-state index is 0.169. The van der Waals surface area contributed by atoms with Crippen LogP contribution in [0.25, 0.3) is 0 Å². The van der Waals surface area contributed by atoms with E-state index >= 15 is 0 Å². The van der Waals surface area contributed by atoms with Crippen LogP contribution in [-0.2, 0) is 4.79 Å². The molecule has 4 nitrogen and oxygen atoms in total. The molecule has 1 aromatic carbocycles. The lowest BCUT2D eigenvalue weighted by molar-refractivity contribution is -0.123. The number of nitrogens with zero attached hydrogens (tertiary/aromatic N) is 2. The molecule has 2 aliphatic heterocycles. The average molecular weight is 273 g/mol. The van der Waals surface area contributed by atoms with Crippen LogP contribution in [0.4, 0.5) is 11.4 Å². The van der Waals surface area contributed by atoms with Crippen LogP contribution in [0.2, 0.25) is 0 Å². The summed E-state index contributed by atoms with van der Waals surface area (Å²) in [5.74, 6) is 0.474. The van der Waals surface area contributed by atoms with Crippen molar-refractivity contribution in [2.24, 2.45) is 5.92 Å². The van der Waals surface area contributed by atoms with Crippen molar-refractivity contribution in [2.45, 2.75) is 25.8 Å². The largest absolute Gasteiger partial charge is 0.371 e. The van der Waals surface area contributed by atoms with Gasteiger partial charge in [-0.1, -0.05) is 12.1 Å². The summed E-state index contributed by atoms with van der Waals surface area (Å²) < 4.78 is 0. The first kappa shape index (κ1) is 13.4. The second kappa shape index (κ2) is 5.44. The molecule has 2 unspecified atom stereocenters. The molecule has 1 fully saturated rings. The molecule has 0 bridgehead atoms. The van der Waals surface area contributed by atoms with Crippen molar-refractivity contribution in [3.63, 3.8) is 0 Å². The van der Waals surface area contributed by atoms with E-state index < -0.39 is 0 Å². The third-order valence-corrected chi connectivity index (χ3v) is 4.48.